The van der Waals surface area contributed by atoms with Gasteiger partial charge in [-0.2, -0.15) is 0 Å². The van der Waals surface area contributed by atoms with Crippen LogP contribution in [0.15, 0.2) is 163 Å². The first kappa shape index (κ1) is 47.6. The van der Waals surface area contributed by atoms with Crippen LogP contribution in [0.25, 0.3) is 50.0 Å². The van der Waals surface area contributed by atoms with Gasteiger partial charge in [-0.3, -0.25) is 14.5 Å². The zero-order valence-electron chi connectivity index (χ0n) is 46.3. The molecule has 0 saturated heterocycles. The zero-order valence-corrected chi connectivity index (χ0v) is 46.3. The van der Waals surface area contributed by atoms with Gasteiger partial charge >= 0.3 is 0 Å². The van der Waals surface area contributed by atoms with Crippen LogP contribution in [-0.4, -0.2) is 20.4 Å². The van der Waals surface area contributed by atoms with Gasteiger partial charge in [0, 0.05) is 51.1 Å². The third-order valence-electron chi connectivity index (χ3n) is 17.1. The van der Waals surface area contributed by atoms with Crippen LogP contribution in [0.4, 0.5) is 22.7 Å². The summed E-state index contributed by atoms with van der Waals surface area (Å²) in [5.74, 6) is 1.86. The van der Waals surface area contributed by atoms with Crippen molar-refractivity contribution >= 4 is 50.4 Å². The molecular weight excluding hydrogens is 925 g/mol. The number of rotatable bonds is 5. The molecule has 2 aliphatic heterocycles. The highest BCUT2D eigenvalue weighted by molar-refractivity contribution is 6.16. The number of fused-ring (bicyclic) bond motifs is 11. The minimum Gasteiger partial charge on any atom is -0.315 e. The quantitative estimate of drug-likeness (QED) is 0.172. The number of hydrogen-bond donors (Lipinski definition) is 0. The maximum absolute atomic E-state index is 6.22. The summed E-state index contributed by atoms with van der Waals surface area (Å²) in [4.78, 5) is 21.5. The highest BCUT2D eigenvalue weighted by Gasteiger charge is 2.54. The molecule has 7 aromatic carbocycles. The summed E-state index contributed by atoms with van der Waals surface area (Å²) in [5, 5.41) is 2.42. The van der Waals surface area contributed by atoms with Gasteiger partial charge in [-0.15, -0.1) is 0 Å². The highest BCUT2D eigenvalue weighted by atomic mass is 15.3. The van der Waals surface area contributed by atoms with Crippen LogP contribution in [0.5, 0.6) is 0 Å². The van der Waals surface area contributed by atoms with Gasteiger partial charge in [0.05, 0.1) is 34.1 Å². The Labute approximate surface area is 448 Å². The summed E-state index contributed by atoms with van der Waals surface area (Å²) in [6.07, 6.45) is 3.88. The predicted molar refractivity (Wildman–Crippen MR) is 318 cm³/mol. The zero-order chi connectivity index (χ0) is 52.9. The minimum absolute atomic E-state index is 0.0513. The number of amidine groups is 1. The van der Waals surface area contributed by atoms with Crippen molar-refractivity contribution in [1.29, 1.82) is 0 Å². The lowest BCUT2D eigenvalue weighted by molar-refractivity contribution is 0.423. The van der Waals surface area contributed by atoms with Crippen molar-refractivity contribution in [3.63, 3.8) is 0 Å². The molecule has 3 aromatic heterocycles. The topological polar surface area (TPSA) is 49.6 Å². The molecule has 1 aliphatic carbocycles. The molecule has 0 unspecified atom stereocenters. The molecule has 0 fully saturated rings. The Balaban J connectivity index is 1.12. The van der Waals surface area contributed by atoms with Crippen molar-refractivity contribution in [1.82, 2.24) is 14.5 Å². The fraction of sp³-hybridized carbons (Fsp3) is 0.243. The first-order chi connectivity index (χ1) is 36.3. The van der Waals surface area contributed by atoms with E-state index in [0.29, 0.717) is 0 Å². The van der Waals surface area contributed by atoms with Crippen LogP contribution in [0.2, 0.25) is 0 Å². The Hall–Kier alpha value is -8.09. The molecule has 0 saturated carbocycles. The van der Waals surface area contributed by atoms with Crippen LogP contribution in [-0.2, 0) is 16.4 Å². The molecule has 2 atom stereocenters. The lowest BCUT2D eigenvalue weighted by atomic mass is 9.68. The van der Waals surface area contributed by atoms with Gasteiger partial charge in [0.15, 0.2) is 0 Å². The molecule has 0 radical (unpaired) electrons. The van der Waals surface area contributed by atoms with Crippen LogP contribution >= 0.6 is 0 Å². The number of benzene rings is 7. The SMILES string of the molecule is Cc1cc(C)c(N2C(c3cc(-c4ccccn4)cc(N4c5ccccc5C(C)(C)c5cc6c7ccccc7n(-c7cc(C(C)(C)C)ccn7)c6cc54)c3)=N[C@]3(C)c4cc(C)cc(C)c4-c4c(C)cc(C)cc4[C@H]23)c(C)c1. The first-order valence-electron chi connectivity index (χ1n) is 27.0. The van der Waals surface area contributed by atoms with E-state index in [1.807, 2.05) is 18.5 Å². The smallest absolute Gasteiger partial charge is 0.137 e. The second-order valence-electron chi connectivity index (χ2n) is 24.0. The average Bonchev–Trinajstić information content (AvgIpc) is 4.02. The van der Waals surface area contributed by atoms with Crippen molar-refractivity contribution in [2.45, 2.75) is 112 Å². The lowest BCUT2D eigenvalue weighted by Crippen LogP contribution is -2.41. The molecule has 3 aliphatic rings. The number of hydrogen-bond acceptors (Lipinski definition) is 5. The normalized spacial score (nSPS) is 17.3. The molecule has 6 nitrogen and oxygen atoms in total. The van der Waals surface area contributed by atoms with Gasteiger partial charge in [-0.05, 0) is 189 Å². The van der Waals surface area contributed by atoms with E-state index in [1.54, 1.807) is 0 Å². The molecule has 376 valence electrons. The fourth-order valence-corrected chi connectivity index (χ4v) is 13.8. The second-order valence-corrected chi connectivity index (χ2v) is 24.0. The van der Waals surface area contributed by atoms with E-state index in [9.17, 15) is 0 Å². The second kappa shape index (κ2) is 16.7. The molecule has 0 bridgehead atoms. The van der Waals surface area contributed by atoms with Gasteiger partial charge in [0.1, 0.15) is 17.2 Å². The first-order valence-corrected chi connectivity index (χ1v) is 27.0. The summed E-state index contributed by atoms with van der Waals surface area (Å²) in [6.45, 7) is 29.8. The highest BCUT2D eigenvalue weighted by Crippen LogP contribution is 2.60. The van der Waals surface area contributed by atoms with E-state index in [1.165, 1.54) is 94.3 Å². The Kier molecular flexibility index (Phi) is 10.5. The molecule has 76 heavy (non-hydrogen) atoms. The summed E-state index contributed by atoms with van der Waals surface area (Å²) < 4.78 is 2.38. The summed E-state index contributed by atoms with van der Waals surface area (Å²) in [7, 11) is 0. The number of aliphatic imine (C=N–C) groups is 1. The number of anilines is 4. The van der Waals surface area contributed by atoms with E-state index in [2.05, 4.69) is 244 Å². The van der Waals surface area contributed by atoms with Crippen molar-refractivity contribution in [3.8, 4) is 28.2 Å². The van der Waals surface area contributed by atoms with E-state index in [0.717, 1.165) is 56.6 Å². The van der Waals surface area contributed by atoms with Gasteiger partial charge in [0.2, 0.25) is 0 Å². The van der Waals surface area contributed by atoms with E-state index < -0.39 is 5.54 Å². The van der Waals surface area contributed by atoms with Crippen LogP contribution in [0, 0.1) is 48.5 Å². The molecule has 0 spiro atoms. The Morgan fingerprint density at radius 1 is 0.513 bits per heavy atom. The number of pyridine rings is 2. The molecular formula is C70H66N6. The summed E-state index contributed by atoms with van der Waals surface area (Å²) >= 11 is 0. The standard InChI is InChI=1S/C70H66N6/c1-40-30-45(6)65(46(7)31-40)76-66-53-32-41(2)28-43(4)63(53)64-44(5)29-42(3)33-56(64)70(66,13)73-67(76)48-34-47(57-22-18-19-26-71-57)35-50(36-48)74-59-24-17-15-21-54(59)69(11,12)55-38-52-51-20-14-16-23-58(51)75(60(52)39-61(55)74)62-37-49(25-27-72-62)68(8,9)10/h14-39,66H,1-13H3/t66-,70+/m0/s1. The van der Waals surface area contributed by atoms with Gasteiger partial charge in [-0.25, -0.2) is 4.98 Å². The molecule has 6 heteroatoms. The minimum atomic E-state index is -0.648. The molecule has 5 heterocycles. The Bertz CT molecular complexity index is 4100. The molecule has 0 N–H and O–H groups in total. The number of aryl methyl sites for hydroxylation is 7. The Morgan fingerprint density at radius 3 is 1.93 bits per heavy atom. The van der Waals surface area contributed by atoms with Gasteiger partial charge < -0.3 is 9.80 Å². The predicted octanol–water partition coefficient (Wildman–Crippen LogP) is 17.7. The lowest BCUT2D eigenvalue weighted by Gasteiger charge is -2.44. The van der Waals surface area contributed by atoms with Crippen LogP contribution in [0.1, 0.15) is 120 Å². The van der Waals surface area contributed by atoms with Gasteiger partial charge in [0.25, 0.3) is 0 Å². The van der Waals surface area contributed by atoms with Gasteiger partial charge in [-0.1, -0.05) is 130 Å². The van der Waals surface area contributed by atoms with E-state index >= 15 is 0 Å². The average molecular weight is 991 g/mol. The van der Waals surface area contributed by atoms with Crippen LogP contribution in [0.3, 0.4) is 0 Å². The maximum Gasteiger partial charge on any atom is 0.137 e. The number of nitrogens with zero attached hydrogens (tertiary/aromatic N) is 6. The molecule has 13 rings (SSSR count). The molecule has 10 aromatic rings. The van der Waals surface area contributed by atoms with Crippen molar-refractivity contribution in [3.05, 3.63) is 230 Å². The van der Waals surface area contributed by atoms with E-state index in [4.69, 9.17) is 15.0 Å². The monoisotopic (exact) mass is 991 g/mol. The number of para-hydroxylation sites is 2. The fourth-order valence-electron chi connectivity index (χ4n) is 13.8. The summed E-state index contributed by atoms with van der Waals surface area (Å²) in [5.41, 5.74) is 26.5. The number of aromatic nitrogens is 3. The maximum atomic E-state index is 6.22. The third-order valence-corrected chi connectivity index (χ3v) is 17.1. The third kappa shape index (κ3) is 7.02. The largest absolute Gasteiger partial charge is 0.315 e. The van der Waals surface area contributed by atoms with Crippen molar-refractivity contribution < 1.29 is 0 Å². The van der Waals surface area contributed by atoms with E-state index in [-0.39, 0.29) is 16.9 Å². The Morgan fingerprint density at radius 2 is 1.18 bits per heavy atom. The van der Waals surface area contributed by atoms with Crippen molar-refractivity contribution in [2.75, 3.05) is 9.80 Å². The van der Waals surface area contributed by atoms with Crippen LogP contribution < -0.4 is 9.80 Å². The van der Waals surface area contributed by atoms with Crippen molar-refractivity contribution in [2.24, 2.45) is 4.99 Å². The summed E-state index contributed by atoms with van der Waals surface area (Å²) in [6, 6.07) is 54.7. The molecule has 0 amide bonds.